The van der Waals surface area contributed by atoms with Crippen molar-refractivity contribution in [1.29, 1.82) is 0 Å². The fourth-order valence-corrected chi connectivity index (χ4v) is 4.51. The van der Waals surface area contributed by atoms with Crippen molar-refractivity contribution in [1.82, 2.24) is 0 Å². The smallest absolute Gasteiger partial charge is 0.160 e. The van der Waals surface area contributed by atoms with Gasteiger partial charge in [0.15, 0.2) is 6.29 Å². The first-order valence-corrected chi connectivity index (χ1v) is 10.7. The summed E-state index contributed by atoms with van der Waals surface area (Å²) >= 11 is 0. The second kappa shape index (κ2) is 9.85. The van der Waals surface area contributed by atoms with E-state index in [-0.39, 0.29) is 12.1 Å². The van der Waals surface area contributed by atoms with Crippen LogP contribution in [0.3, 0.4) is 0 Å². The van der Waals surface area contributed by atoms with Crippen LogP contribution in [0.4, 0.5) is 4.39 Å². The lowest BCUT2D eigenvalue weighted by Crippen LogP contribution is -2.38. The summed E-state index contributed by atoms with van der Waals surface area (Å²) in [5.74, 6) is 1.52. The van der Waals surface area contributed by atoms with Crippen LogP contribution in [-0.4, -0.2) is 19.5 Å². The molecule has 1 heterocycles. The second-order valence-corrected chi connectivity index (χ2v) is 8.21. The Morgan fingerprint density at radius 1 is 1.00 bits per heavy atom. The van der Waals surface area contributed by atoms with E-state index in [9.17, 15) is 4.39 Å². The molecular weight excluding hydrogens is 327 g/mol. The molecule has 0 amide bonds. The van der Waals surface area contributed by atoms with Crippen LogP contribution >= 0.6 is 0 Å². The van der Waals surface area contributed by atoms with Gasteiger partial charge in [0.05, 0.1) is 13.2 Å². The van der Waals surface area contributed by atoms with Crippen molar-refractivity contribution >= 4 is 0 Å². The van der Waals surface area contributed by atoms with Gasteiger partial charge in [-0.3, -0.25) is 0 Å². The minimum atomic E-state index is -0.0415. The van der Waals surface area contributed by atoms with Crippen molar-refractivity contribution in [3.05, 3.63) is 35.1 Å². The molecule has 0 atom stereocenters. The van der Waals surface area contributed by atoms with Gasteiger partial charge in [-0.25, -0.2) is 4.39 Å². The molecular formula is C23H35FO2. The van der Waals surface area contributed by atoms with Gasteiger partial charge < -0.3 is 9.47 Å². The third-order valence-corrected chi connectivity index (χ3v) is 6.29. The van der Waals surface area contributed by atoms with Crippen molar-refractivity contribution in [3.8, 4) is 0 Å². The van der Waals surface area contributed by atoms with Gasteiger partial charge in [-0.05, 0) is 61.6 Å². The van der Waals surface area contributed by atoms with Crippen LogP contribution in [0.15, 0.2) is 18.2 Å². The van der Waals surface area contributed by atoms with Gasteiger partial charge >= 0.3 is 0 Å². The summed E-state index contributed by atoms with van der Waals surface area (Å²) in [6, 6.07) is 5.85. The molecule has 1 aliphatic carbocycles. The van der Waals surface area contributed by atoms with Crippen LogP contribution in [-0.2, 0) is 15.9 Å². The molecule has 0 unspecified atom stereocenters. The van der Waals surface area contributed by atoms with E-state index >= 15 is 0 Å². The fourth-order valence-electron chi connectivity index (χ4n) is 4.51. The van der Waals surface area contributed by atoms with E-state index in [1.165, 1.54) is 31.2 Å². The molecule has 1 aromatic carbocycles. The average Bonchev–Trinajstić information content (AvgIpc) is 2.69. The molecule has 3 heteroatoms. The van der Waals surface area contributed by atoms with Crippen LogP contribution in [0.1, 0.15) is 82.3 Å². The van der Waals surface area contributed by atoms with Crippen molar-refractivity contribution in [2.75, 3.05) is 13.2 Å². The minimum Gasteiger partial charge on any atom is -0.352 e. The maximum Gasteiger partial charge on any atom is 0.160 e. The molecule has 2 fully saturated rings. The molecule has 2 aliphatic rings. The maximum absolute atomic E-state index is 14.1. The largest absolute Gasteiger partial charge is 0.352 e. The maximum atomic E-state index is 14.1. The fraction of sp³-hybridized carbons (Fsp3) is 0.739. The Bertz CT molecular complexity index is 543. The Morgan fingerprint density at radius 2 is 1.73 bits per heavy atom. The molecule has 1 aliphatic heterocycles. The Balaban J connectivity index is 1.43. The molecule has 0 spiro atoms. The predicted octanol–water partition coefficient (Wildman–Crippen LogP) is 6.23. The quantitative estimate of drug-likeness (QED) is 0.535. The number of hydrogen-bond donors (Lipinski definition) is 0. The molecule has 1 aromatic rings. The zero-order valence-corrected chi connectivity index (χ0v) is 16.5. The van der Waals surface area contributed by atoms with Gasteiger partial charge in [0.1, 0.15) is 5.82 Å². The molecule has 26 heavy (non-hydrogen) atoms. The summed E-state index contributed by atoms with van der Waals surface area (Å²) in [5, 5.41) is 0. The number of aryl methyl sites for hydroxylation is 1. The van der Waals surface area contributed by atoms with E-state index in [1.807, 2.05) is 13.0 Å². The third kappa shape index (κ3) is 5.07. The highest BCUT2D eigenvalue weighted by Gasteiger charge is 2.32. The van der Waals surface area contributed by atoms with Gasteiger partial charge in [0, 0.05) is 11.8 Å². The van der Waals surface area contributed by atoms with E-state index in [4.69, 9.17) is 9.47 Å². The molecule has 3 rings (SSSR count). The first-order chi connectivity index (χ1) is 12.7. The number of rotatable bonds is 7. The number of halogens is 1. The van der Waals surface area contributed by atoms with Gasteiger partial charge in [0.2, 0.25) is 0 Å². The topological polar surface area (TPSA) is 18.5 Å². The van der Waals surface area contributed by atoms with Crippen molar-refractivity contribution in [2.24, 2.45) is 11.8 Å². The van der Waals surface area contributed by atoms with Crippen LogP contribution in [0, 0.1) is 17.7 Å². The van der Waals surface area contributed by atoms with Crippen LogP contribution < -0.4 is 0 Å². The van der Waals surface area contributed by atoms with Crippen LogP contribution in [0.25, 0.3) is 0 Å². The number of hydrogen-bond acceptors (Lipinski definition) is 2. The number of unbranched alkanes of at least 4 members (excludes halogenated alkanes) is 2. The van der Waals surface area contributed by atoms with E-state index in [0.29, 0.717) is 17.8 Å². The van der Waals surface area contributed by atoms with E-state index in [2.05, 4.69) is 13.0 Å². The molecule has 0 N–H and O–H groups in total. The van der Waals surface area contributed by atoms with Crippen LogP contribution in [0.2, 0.25) is 0 Å². The molecule has 2 nitrogen and oxygen atoms in total. The second-order valence-electron chi connectivity index (χ2n) is 8.21. The summed E-state index contributed by atoms with van der Waals surface area (Å²) in [7, 11) is 0. The lowest BCUT2D eigenvalue weighted by atomic mass is 9.78. The first kappa shape index (κ1) is 19.8. The van der Waals surface area contributed by atoms with Crippen LogP contribution in [0.5, 0.6) is 0 Å². The Morgan fingerprint density at radius 3 is 2.35 bits per heavy atom. The SMILES string of the molecule is CCCCCC1COC([C@H]2CC[C@H](c3ccc(CC)c(F)c3)CC2)OC1. The monoisotopic (exact) mass is 362 g/mol. The summed E-state index contributed by atoms with van der Waals surface area (Å²) in [6.07, 6.45) is 10.3. The normalized spacial score (nSPS) is 29.7. The third-order valence-electron chi connectivity index (χ3n) is 6.29. The van der Waals surface area contributed by atoms with Gasteiger partial charge in [-0.15, -0.1) is 0 Å². The summed E-state index contributed by atoms with van der Waals surface area (Å²) in [4.78, 5) is 0. The zero-order chi connectivity index (χ0) is 18.4. The van der Waals surface area contributed by atoms with E-state index in [0.717, 1.165) is 50.9 Å². The van der Waals surface area contributed by atoms with Gasteiger partial charge in [-0.2, -0.15) is 0 Å². The van der Waals surface area contributed by atoms with Crippen molar-refractivity contribution in [3.63, 3.8) is 0 Å². The zero-order valence-electron chi connectivity index (χ0n) is 16.5. The molecule has 1 saturated carbocycles. The number of ether oxygens (including phenoxy) is 2. The highest BCUT2D eigenvalue weighted by atomic mass is 19.1. The number of benzene rings is 1. The molecule has 1 saturated heterocycles. The highest BCUT2D eigenvalue weighted by molar-refractivity contribution is 5.27. The van der Waals surface area contributed by atoms with E-state index < -0.39 is 0 Å². The van der Waals surface area contributed by atoms with Crippen molar-refractivity contribution in [2.45, 2.75) is 83.8 Å². The predicted molar refractivity (Wildman–Crippen MR) is 104 cm³/mol. The molecule has 146 valence electrons. The lowest BCUT2D eigenvalue weighted by molar-refractivity contribution is -0.229. The minimum absolute atomic E-state index is 0.0161. The Labute approximate surface area is 158 Å². The standard InChI is InChI=1S/C23H35FO2/c1-3-5-6-7-17-15-25-23(26-16-17)20-11-9-19(10-12-20)21-13-8-18(4-2)22(24)14-21/h8,13-14,17,19-20,23H,3-7,9-12,15-16H2,1-2H3/t17?,19-,20-,23?. The summed E-state index contributed by atoms with van der Waals surface area (Å²) < 4.78 is 26.2. The highest BCUT2D eigenvalue weighted by Crippen LogP contribution is 2.39. The van der Waals surface area contributed by atoms with Gasteiger partial charge in [0.25, 0.3) is 0 Å². The lowest BCUT2D eigenvalue weighted by Gasteiger charge is -2.37. The summed E-state index contributed by atoms with van der Waals surface area (Å²) in [6.45, 7) is 5.96. The average molecular weight is 363 g/mol. The summed E-state index contributed by atoms with van der Waals surface area (Å²) in [5.41, 5.74) is 1.99. The molecule has 0 bridgehead atoms. The van der Waals surface area contributed by atoms with Crippen molar-refractivity contribution < 1.29 is 13.9 Å². The first-order valence-electron chi connectivity index (χ1n) is 10.7. The molecule has 0 radical (unpaired) electrons. The van der Waals surface area contributed by atoms with E-state index in [1.54, 1.807) is 6.07 Å². The Kier molecular flexibility index (Phi) is 7.51. The Hall–Kier alpha value is -0.930. The molecule has 0 aromatic heterocycles. The van der Waals surface area contributed by atoms with Gasteiger partial charge in [-0.1, -0.05) is 45.2 Å².